The highest BCUT2D eigenvalue weighted by atomic mass is 19.2. The zero-order valence-corrected chi connectivity index (χ0v) is 13.4. The lowest BCUT2D eigenvalue weighted by atomic mass is 9.86. The number of hydrogen-bond acceptors (Lipinski definition) is 2. The van der Waals surface area contributed by atoms with Gasteiger partial charge in [-0.05, 0) is 18.8 Å². The summed E-state index contributed by atoms with van der Waals surface area (Å²) in [6.45, 7) is 0.656. The van der Waals surface area contributed by atoms with Crippen LogP contribution >= 0.6 is 0 Å². The molecular formula is C18H24F2N2O. The van der Waals surface area contributed by atoms with Gasteiger partial charge in [-0.1, -0.05) is 32.1 Å². The smallest absolute Gasteiger partial charge is 0.161 e. The van der Waals surface area contributed by atoms with Gasteiger partial charge >= 0.3 is 0 Å². The molecule has 1 aromatic carbocycles. The predicted molar refractivity (Wildman–Crippen MR) is 86.2 cm³/mol. The molecule has 1 saturated carbocycles. The molecule has 0 spiro atoms. The van der Waals surface area contributed by atoms with E-state index in [1.807, 2.05) is 4.57 Å². The van der Waals surface area contributed by atoms with Gasteiger partial charge in [0, 0.05) is 31.7 Å². The first-order chi connectivity index (χ1) is 11.2. The van der Waals surface area contributed by atoms with Gasteiger partial charge in [-0.3, -0.25) is 0 Å². The van der Waals surface area contributed by atoms with E-state index < -0.39 is 11.6 Å². The number of nitrogens with zero attached hydrogens (tertiary/aromatic N) is 2. The average molecular weight is 322 g/mol. The molecule has 0 aliphatic heterocycles. The molecular weight excluding hydrogens is 298 g/mol. The standard InChI is InChI=1S/C18H24F2N2O/c19-14-11-16-17(12-15(14)20)22(9-4-10-23)18(21-16)8-7-13-5-2-1-3-6-13/h11-13,23H,1-10H2. The first-order valence-electron chi connectivity index (χ1n) is 8.64. The summed E-state index contributed by atoms with van der Waals surface area (Å²) in [7, 11) is 0. The molecule has 0 radical (unpaired) electrons. The highest BCUT2D eigenvalue weighted by molar-refractivity contribution is 5.76. The molecule has 5 heteroatoms. The van der Waals surface area contributed by atoms with E-state index in [4.69, 9.17) is 5.11 Å². The number of imidazole rings is 1. The molecule has 0 saturated heterocycles. The largest absolute Gasteiger partial charge is 0.396 e. The van der Waals surface area contributed by atoms with Crippen LogP contribution in [0.2, 0.25) is 0 Å². The predicted octanol–water partition coefficient (Wildman–Crippen LogP) is 4.21. The van der Waals surface area contributed by atoms with E-state index in [9.17, 15) is 8.78 Å². The maximum Gasteiger partial charge on any atom is 0.161 e. The maximum atomic E-state index is 13.6. The molecule has 3 nitrogen and oxygen atoms in total. The van der Waals surface area contributed by atoms with Crippen LogP contribution in [-0.2, 0) is 13.0 Å². The topological polar surface area (TPSA) is 38.0 Å². The zero-order valence-electron chi connectivity index (χ0n) is 13.4. The summed E-state index contributed by atoms with van der Waals surface area (Å²) in [5, 5.41) is 9.09. The van der Waals surface area contributed by atoms with Crippen molar-refractivity contribution in [1.82, 2.24) is 9.55 Å². The Labute approximate surface area is 135 Å². The number of benzene rings is 1. The summed E-state index contributed by atoms with van der Waals surface area (Å²) in [5.74, 6) is -0.0861. The molecule has 23 heavy (non-hydrogen) atoms. The van der Waals surface area contributed by atoms with Gasteiger partial charge in [-0.15, -0.1) is 0 Å². The Morgan fingerprint density at radius 2 is 1.87 bits per heavy atom. The van der Waals surface area contributed by atoms with Crippen molar-refractivity contribution in [3.05, 3.63) is 29.6 Å². The molecule has 0 bridgehead atoms. The molecule has 1 fully saturated rings. The monoisotopic (exact) mass is 322 g/mol. The van der Waals surface area contributed by atoms with Crippen molar-refractivity contribution in [1.29, 1.82) is 0 Å². The Morgan fingerprint density at radius 1 is 1.13 bits per heavy atom. The van der Waals surface area contributed by atoms with Crippen molar-refractivity contribution >= 4 is 11.0 Å². The van der Waals surface area contributed by atoms with Crippen molar-refractivity contribution in [3.8, 4) is 0 Å². The van der Waals surface area contributed by atoms with E-state index in [-0.39, 0.29) is 6.61 Å². The third-order valence-corrected chi connectivity index (χ3v) is 4.91. The summed E-state index contributed by atoms with van der Waals surface area (Å²) in [5.41, 5.74) is 1.12. The fourth-order valence-corrected chi connectivity index (χ4v) is 3.65. The SMILES string of the molecule is OCCCn1c(CCC2CCCCC2)nc2cc(F)c(F)cc21. The maximum absolute atomic E-state index is 13.6. The van der Waals surface area contributed by atoms with Gasteiger partial charge in [0.25, 0.3) is 0 Å². The Kier molecular flexibility index (Phi) is 5.26. The van der Waals surface area contributed by atoms with Crippen LogP contribution < -0.4 is 0 Å². The minimum atomic E-state index is -0.858. The third-order valence-electron chi connectivity index (χ3n) is 4.91. The number of hydrogen-bond donors (Lipinski definition) is 1. The number of rotatable bonds is 6. The van der Waals surface area contributed by atoms with Crippen LogP contribution in [0.1, 0.15) is 50.8 Å². The lowest BCUT2D eigenvalue weighted by Gasteiger charge is -2.21. The van der Waals surface area contributed by atoms with Crippen LogP contribution in [0.15, 0.2) is 12.1 Å². The Morgan fingerprint density at radius 3 is 2.61 bits per heavy atom. The first-order valence-corrected chi connectivity index (χ1v) is 8.64. The number of aromatic nitrogens is 2. The van der Waals surface area contributed by atoms with Crippen LogP contribution in [-0.4, -0.2) is 21.3 Å². The number of halogens is 2. The minimum absolute atomic E-state index is 0.0748. The molecule has 0 unspecified atom stereocenters. The second-order valence-electron chi connectivity index (χ2n) is 6.55. The van der Waals surface area contributed by atoms with Crippen molar-refractivity contribution in [2.24, 2.45) is 5.92 Å². The molecule has 0 atom stereocenters. The van der Waals surface area contributed by atoms with Crippen LogP contribution in [0.3, 0.4) is 0 Å². The second-order valence-corrected chi connectivity index (χ2v) is 6.55. The number of aliphatic hydroxyl groups excluding tert-OH is 1. The molecule has 1 aliphatic rings. The van der Waals surface area contributed by atoms with Crippen molar-refractivity contribution in [2.45, 2.75) is 57.9 Å². The summed E-state index contributed by atoms with van der Waals surface area (Å²) < 4.78 is 29.0. The zero-order chi connectivity index (χ0) is 16.2. The van der Waals surface area contributed by atoms with E-state index in [1.165, 1.54) is 44.2 Å². The lowest BCUT2D eigenvalue weighted by molar-refractivity contribution is 0.279. The Balaban J connectivity index is 1.84. The highest BCUT2D eigenvalue weighted by Gasteiger charge is 2.17. The van der Waals surface area contributed by atoms with E-state index in [1.54, 1.807) is 0 Å². The van der Waals surface area contributed by atoms with Crippen LogP contribution in [0, 0.1) is 17.6 Å². The summed E-state index contributed by atoms with van der Waals surface area (Å²) in [6.07, 6.45) is 9.00. The van der Waals surface area contributed by atoms with Crippen LogP contribution in [0.5, 0.6) is 0 Å². The van der Waals surface area contributed by atoms with Crippen LogP contribution in [0.25, 0.3) is 11.0 Å². The van der Waals surface area contributed by atoms with Crippen molar-refractivity contribution < 1.29 is 13.9 Å². The van der Waals surface area contributed by atoms with Gasteiger partial charge in [0.05, 0.1) is 11.0 Å². The molecule has 1 heterocycles. The van der Waals surface area contributed by atoms with Crippen LogP contribution in [0.4, 0.5) is 8.78 Å². The van der Waals surface area contributed by atoms with Gasteiger partial charge in [-0.2, -0.15) is 0 Å². The lowest BCUT2D eigenvalue weighted by Crippen LogP contribution is -2.11. The molecule has 126 valence electrons. The summed E-state index contributed by atoms with van der Waals surface area (Å²) in [4.78, 5) is 4.53. The fourth-order valence-electron chi connectivity index (χ4n) is 3.65. The molecule has 1 aromatic heterocycles. The minimum Gasteiger partial charge on any atom is -0.396 e. The Bertz CT molecular complexity index is 663. The third kappa shape index (κ3) is 3.71. The number of fused-ring (bicyclic) bond motifs is 1. The van der Waals surface area contributed by atoms with Gasteiger partial charge in [0.15, 0.2) is 11.6 Å². The van der Waals surface area contributed by atoms with Gasteiger partial charge < -0.3 is 9.67 Å². The second kappa shape index (κ2) is 7.39. The molecule has 2 aromatic rings. The van der Waals surface area contributed by atoms with E-state index >= 15 is 0 Å². The van der Waals surface area contributed by atoms with Crippen molar-refractivity contribution in [2.75, 3.05) is 6.61 Å². The number of aliphatic hydroxyl groups is 1. The first kappa shape index (κ1) is 16.4. The van der Waals surface area contributed by atoms with E-state index in [0.29, 0.717) is 24.0 Å². The molecule has 1 aliphatic carbocycles. The van der Waals surface area contributed by atoms with E-state index in [0.717, 1.165) is 24.6 Å². The van der Waals surface area contributed by atoms with Gasteiger partial charge in [0.1, 0.15) is 5.82 Å². The van der Waals surface area contributed by atoms with Gasteiger partial charge in [0.2, 0.25) is 0 Å². The quantitative estimate of drug-likeness (QED) is 0.865. The normalized spacial score (nSPS) is 16.3. The average Bonchev–Trinajstić information content (AvgIpc) is 2.89. The van der Waals surface area contributed by atoms with Crippen molar-refractivity contribution in [3.63, 3.8) is 0 Å². The molecule has 1 N–H and O–H groups in total. The van der Waals surface area contributed by atoms with E-state index in [2.05, 4.69) is 4.98 Å². The molecule has 0 amide bonds. The summed E-state index contributed by atoms with van der Waals surface area (Å²) >= 11 is 0. The number of aryl methyl sites for hydroxylation is 2. The Hall–Kier alpha value is -1.49. The fraction of sp³-hybridized carbons (Fsp3) is 0.611. The van der Waals surface area contributed by atoms with Gasteiger partial charge in [-0.25, -0.2) is 13.8 Å². The molecule has 3 rings (SSSR count). The highest BCUT2D eigenvalue weighted by Crippen LogP contribution is 2.28. The summed E-state index contributed by atoms with van der Waals surface area (Å²) in [6, 6.07) is 2.39.